The van der Waals surface area contributed by atoms with Crippen LogP contribution in [0.2, 0.25) is 0 Å². The number of rotatable bonds is 0. The summed E-state index contributed by atoms with van der Waals surface area (Å²) in [5.74, 6) is 0. The molecule has 1 aromatic heterocycles. The fourth-order valence-electron chi connectivity index (χ4n) is 5.34. The van der Waals surface area contributed by atoms with E-state index in [1.807, 2.05) is 0 Å². The van der Waals surface area contributed by atoms with E-state index in [-0.39, 0.29) is 5.41 Å². The van der Waals surface area contributed by atoms with Crippen LogP contribution in [0.25, 0.3) is 43.7 Å². The minimum absolute atomic E-state index is 0.00335. The van der Waals surface area contributed by atoms with E-state index in [0.29, 0.717) is 0 Å². The van der Waals surface area contributed by atoms with Gasteiger partial charge in [0.1, 0.15) is 0 Å². The van der Waals surface area contributed by atoms with Crippen molar-refractivity contribution in [2.45, 2.75) is 19.3 Å². The fourth-order valence-corrected chi connectivity index (χ4v) is 5.34. The topological polar surface area (TPSA) is 4.93 Å². The summed E-state index contributed by atoms with van der Waals surface area (Å²) in [7, 11) is 2.22. The maximum absolute atomic E-state index is 2.41. The van der Waals surface area contributed by atoms with Gasteiger partial charge in [0.25, 0.3) is 0 Å². The molecule has 5 aromatic rings. The lowest BCUT2D eigenvalue weighted by Gasteiger charge is -2.23. The third-order valence-corrected chi connectivity index (χ3v) is 6.57. The Morgan fingerprint density at radius 3 is 2.37 bits per heavy atom. The molecule has 0 saturated carbocycles. The van der Waals surface area contributed by atoms with E-state index in [4.69, 9.17) is 0 Å². The first-order valence-corrected chi connectivity index (χ1v) is 9.62. The van der Waals surface area contributed by atoms with Gasteiger partial charge in [-0.1, -0.05) is 80.6 Å². The first kappa shape index (κ1) is 15.0. The molecule has 0 unspecified atom stereocenters. The summed E-state index contributed by atoms with van der Waals surface area (Å²) in [6.07, 6.45) is 0. The predicted molar refractivity (Wildman–Crippen MR) is 115 cm³/mol. The molecular formula is C26H21N. The molecule has 0 saturated heterocycles. The Morgan fingerprint density at radius 2 is 1.48 bits per heavy atom. The van der Waals surface area contributed by atoms with Crippen LogP contribution in [0.1, 0.15) is 25.0 Å². The van der Waals surface area contributed by atoms with E-state index in [1.165, 1.54) is 54.8 Å². The highest BCUT2D eigenvalue weighted by atomic mass is 14.9. The molecule has 27 heavy (non-hydrogen) atoms. The summed E-state index contributed by atoms with van der Waals surface area (Å²) < 4.78 is 2.41. The Bertz CT molecular complexity index is 1400. The van der Waals surface area contributed by atoms with Crippen LogP contribution in [-0.2, 0) is 12.5 Å². The van der Waals surface area contributed by atoms with Crippen molar-refractivity contribution in [2.75, 3.05) is 0 Å². The van der Waals surface area contributed by atoms with E-state index < -0.39 is 0 Å². The number of aryl methyl sites for hydroxylation is 1. The Kier molecular flexibility index (Phi) is 2.68. The zero-order chi connectivity index (χ0) is 18.3. The predicted octanol–water partition coefficient (Wildman–Crippen LogP) is 6.79. The first-order valence-electron chi connectivity index (χ1n) is 9.62. The van der Waals surface area contributed by atoms with Gasteiger partial charge >= 0.3 is 0 Å². The van der Waals surface area contributed by atoms with E-state index in [9.17, 15) is 0 Å². The molecule has 0 spiro atoms. The Hall–Kier alpha value is -3.06. The van der Waals surface area contributed by atoms with Crippen molar-refractivity contribution in [3.63, 3.8) is 0 Å². The van der Waals surface area contributed by atoms with Gasteiger partial charge in [-0.15, -0.1) is 0 Å². The second-order valence-electron chi connectivity index (χ2n) is 8.29. The lowest BCUT2D eigenvalue weighted by atomic mass is 9.81. The molecular weight excluding hydrogens is 326 g/mol. The maximum atomic E-state index is 2.41. The van der Waals surface area contributed by atoms with Crippen LogP contribution in [0, 0.1) is 0 Å². The van der Waals surface area contributed by atoms with Crippen molar-refractivity contribution < 1.29 is 0 Å². The first-order chi connectivity index (χ1) is 13.1. The molecule has 0 radical (unpaired) electrons. The van der Waals surface area contributed by atoms with Crippen molar-refractivity contribution in [1.29, 1.82) is 0 Å². The van der Waals surface area contributed by atoms with Gasteiger partial charge in [0.15, 0.2) is 0 Å². The highest BCUT2D eigenvalue weighted by Crippen LogP contribution is 2.52. The van der Waals surface area contributed by atoms with Crippen molar-refractivity contribution in [1.82, 2.24) is 4.57 Å². The molecule has 4 aromatic carbocycles. The summed E-state index contributed by atoms with van der Waals surface area (Å²) in [5, 5.41) is 5.39. The second-order valence-corrected chi connectivity index (χ2v) is 8.29. The largest absolute Gasteiger partial charge is 0.343 e. The lowest BCUT2D eigenvalue weighted by molar-refractivity contribution is 0.662. The zero-order valence-corrected chi connectivity index (χ0v) is 15.9. The van der Waals surface area contributed by atoms with Crippen molar-refractivity contribution >= 4 is 32.6 Å². The number of fused-ring (bicyclic) bond motifs is 9. The number of benzene rings is 4. The Labute approximate surface area is 158 Å². The average Bonchev–Trinajstić information content (AvgIpc) is 3.12. The Balaban J connectivity index is 1.87. The summed E-state index contributed by atoms with van der Waals surface area (Å²) in [4.78, 5) is 0. The lowest BCUT2D eigenvalue weighted by Crippen LogP contribution is -2.16. The van der Waals surface area contributed by atoms with Crippen LogP contribution in [-0.4, -0.2) is 4.57 Å². The van der Waals surface area contributed by atoms with Gasteiger partial charge in [-0.05, 0) is 39.1 Å². The minimum Gasteiger partial charge on any atom is -0.343 e. The zero-order valence-electron chi connectivity index (χ0n) is 15.9. The molecule has 0 N–H and O–H groups in total. The molecule has 1 nitrogen and oxygen atoms in total. The standard InChI is InChI=1S/C26H21N/c1-26(2)21-11-7-6-10-18(21)19-13-14-20-23-17-9-5-4-8-16(17)12-15-22(23)27(3)25(20)24(19)26/h4-15H,1-3H3. The van der Waals surface area contributed by atoms with Crippen LogP contribution in [0.4, 0.5) is 0 Å². The normalized spacial score (nSPS) is 14.8. The smallest absolute Gasteiger partial charge is 0.0536 e. The third kappa shape index (κ3) is 1.70. The minimum atomic E-state index is 0.00335. The van der Waals surface area contributed by atoms with Crippen LogP contribution >= 0.6 is 0 Å². The second kappa shape index (κ2) is 4.80. The highest BCUT2D eigenvalue weighted by Gasteiger charge is 2.37. The number of nitrogens with zero attached hydrogens (tertiary/aromatic N) is 1. The van der Waals surface area contributed by atoms with Gasteiger partial charge < -0.3 is 4.57 Å². The van der Waals surface area contributed by atoms with E-state index in [2.05, 4.69) is 98.3 Å². The number of aromatic nitrogens is 1. The monoisotopic (exact) mass is 347 g/mol. The summed E-state index contributed by atoms with van der Waals surface area (Å²) in [6.45, 7) is 4.74. The summed E-state index contributed by atoms with van der Waals surface area (Å²) in [5.41, 5.74) is 8.35. The van der Waals surface area contributed by atoms with Gasteiger partial charge in [-0.2, -0.15) is 0 Å². The van der Waals surface area contributed by atoms with E-state index in [1.54, 1.807) is 0 Å². The number of hydrogen-bond acceptors (Lipinski definition) is 0. The number of hydrogen-bond donors (Lipinski definition) is 0. The molecule has 130 valence electrons. The molecule has 1 aliphatic carbocycles. The Morgan fingerprint density at radius 1 is 0.704 bits per heavy atom. The highest BCUT2D eigenvalue weighted by molar-refractivity contribution is 6.22. The molecule has 1 heterocycles. The maximum Gasteiger partial charge on any atom is 0.0536 e. The van der Waals surface area contributed by atoms with Gasteiger partial charge in [0.05, 0.1) is 5.52 Å². The van der Waals surface area contributed by atoms with Gasteiger partial charge in [-0.3, -0.25) is 0 Å². The molecule has 0 bridgehead atoms. The third-order valence-electron chi connectivity index (χ3n) is 6.57. The van der Waals surface area contributed by atoms with Crippen molar-refractivity contribution in [2.24, 2.45) is 7.05 Å². The van der Waals surface area contributed by atoms with E-state index >= 15 is 0 Å². The quantitative estimate of drug-likeness (QED) is 0.290. The molecule has 0 fully saturated rings. The molecule has 0 amide bonds. The summed E-state index contributed by atoms with van der Waals surface area (Å²) >= 11 is 0. The van der Waals surface area contributed by atoms with Gasteiger partial charge in [0, 0.05) is 28.8 Å². The van der Waals surface area contributed by atoms with Gasteiger partial charge in [0.2, 0.25) is 0 Å². The molecule has 1 aliphatic rings. The fraction of sp³-hybridized carbons (Fsp3) is 0.154. The van der Waals surface area contributed by atoms with Crippen LogP contribution in [0.15, 0.2) is 72.8 Å². The van der Waals surface area contributed by atoms with Crippen LogP contribution in [0.5, 0.6) is 0 Å². The summed E-state index contributed by atoms with van der Waals surface area (Å²) in [6, 6.07) is 26.8. The molecule has 0 atom stereocenters. The van der Waals surface area contributed by atoms with Crippen molar-refractivity contribution in [3.8, 4) is 11.1 Å². The van der Waals surface area contributed by atoms with Crippen molar-refractivity contribution in [3.05, 3.63) is 83.9 Å². The van der Waals surface area contributed by atoms with Crippen LogP contribution in [0.3, 0.4) is 0 Å². The van der Waals surface area contributed by atoms with Gasteiger partial charge in [-0.25, -0.2) is 0 Å². The molecule has 0 aliphatic heterocycles. The van der Waals surface area contributed by atoms with Crippen LogP contribution < -0.4 is 0 Å². The van der Waals surface area contributed by atoms with E-state index in [0.717, 1.165) is 0 Å². The SMILES string of the molecule is Cn1c2ccc3ccccc3c2c2ccc3c(c21)C(C)(C)c1ccccc1-3. The average molecular weight is 347 g/mol. The molecule has 6 rings (SSSR count). The molecule has 1 heteroatoms.